The lowest BCUT2D eigenvalue weighted by molar-refractivity contribution is -0.123. The van der Waals surface area contributed by atoms with Gasteiger partial charge in [-0.1, -0.05) is 15.9 Å². The van der Waals surface area contributed by atoms with Gasteiger partial charge in [0.2, 0.25) is 5.91 Å². The molecule has 0 radical (unpaired) electrons. The number of nitrogens with two attached hydrogens (primary N) is 1. The minimum Gasteiger partial charge on any atom is -0.451 e. The molecular weight excluding hydrogens is 398 g/mol. The predicted octanol–water partition coefficient (Wildman–Crippen LogP) is 2.82. The summed E-state index contributed by atoms with van der Waals surface area (Å²) in [6, 6.07) is 5.70. The molecule has 0 spiro atoms. The first-order valence-electron chi connectivity index (χ1n) is 8.94. The highest BCUT2D eigenvalue weighted by Crippen LogP contribution is 2.28. The average Bonchev–Trinajstić information content (AvgIpc) is 2.95. The highest BCUT2D eigenvalue weighted by atomic mass is 79.9. The van der Waals surface area contributed by atoms with Crippen molar-refractivity contribution in [1.82, 2.24) is 10.2 Å². The Hall–Kier alpha value is -1.86. The van der Waals surface area contributed by atoms with Crippen LogP contribution in [0.2, 0.25) is 0 Å². The molecule has 1 unspecified atom stereocenters. The van der Waals surface area contributed by atoms with Gasteiger partial charge in [-0.25, -0.2) is 0 Å². The van der Waals surface area contributed by atoms with Gasteiger partial charge < -0.3 is 20.4 Å². The summed E-state index contributed by atoms with van der Waals surface area (Å²) in [4.78, 5) is 26.0. The van der Waals surface area contributed by atoms with E-state index in [1.807, 2.05) is 25.1 Å². The number of fused-ring (bicyclic) bond motifs is 1. The Morgan fingerprint density at radius 1 is 1.42 bits per heavy atom. The van der Waals surface area contributed by atoms with E-state index >= 15 is 0 Å². The number of carbonyl (C=O) groups excluding carboxylic acids is 2. The lowest BCUT2D eigenvalue weighted by Gasteiger charge is -2.31. The van der Waals surface area contributed by atoms with Gasteiger partial charge in [-0.15, -0.1) is 0 Å². The van der Waals surface area contributed by atoms with E-state index in [2.05, 4.69) is 26.1 Å². The van der Waals surface area contributed by atoms with E-state index in [1.165, 1.54) is 0 Å². The highest BCUT2D eigenvalue weighted by molar-refractivity contribution is 9.10. The molecule has 7 heteroatoms. The summed E-state index contributed by atoms with van der Waals surface area (Å²) < 4.78 is 6.66. The number of carbonyl (C=O) groups is 2. The minimum atomic E-state index is -0.213. The molecule has 26 heavy (non-hydrogen) atoms. The molecule has 0 bridgehead atoms. The minimum absolute atomic E-state index is 0.0455. The van der Waals surface area contributed by atoms with Crippen molar-refractivity contribution in [2.75, 3.05) is 26.2 Å². The number of halogens is 1. The summed E-state index contributed by atoms with van der Waals surface area (Å²) in [5, 5.41) is 3.87. The van der Waals surface area contributed by atoms with Gasteiger partial charge in [-0.2, -0.15) is 0 Å². The summed E-state index contributed by atoms with van der Waals surface area (Å²) in [5.41, 5.74) is 6.96. The third-order valence-electron chi connectivity index (χ3n) is 4.95. The maximum atomic E-state index is 12.4. The molecule has 2 heterocycles. The van der Waals surface area contributed by atoms with Crippen LogP contribution in [0.5, 0.6) is 0 Å². The van der Waals surface area contributed by atoms with Crippen LogP contribution in [0.3, 0.4) is 0 Å². The summed E-state index contributed by atoms with van der Waals surface area (Å²) in [5.74, 6) is -0.0841. The van der Waals surface area contributed by atoms with Gasteiger partial charge >= 0.3 is 0 Å². The van der Waals surface area contributed by atoms with Crippen LogP contribution in [0.25, 0.3) is 11.0 Å². The van der Waals surface area contributed by atoms with Crippen molar-refractivity contribution in [2.24, 2.45) is 11.7 Å². The molecule has 1 fully saturated rings. The van der Waals surface area contributed by atoms with E-state index < -0.39 is 0 Å². The molecule has 0 aliphatic carbocycles. The second kappa shape index (κ2) is 8.22. The maximum absolute atomic E-state index is 12.4. The number of primary amides is 1. The largest absolute Gasteiger partial charge is 0.451 e. The molecule has 1 saturated heterocycles. The Morgan fingerprint density at radius 3 is 3.00 bits per heavy atom. The normalized spacial score (nSPS) is 18.2. The van der Waals surface area contributed by atoms with Crippen LogP contribution in [0.15, 0.2) is 27.1 Å². The number of amides is 2. The standard InChI is InChI=1S/C19H24BrN3O3/c1-12-15-10-14(20)5-6-16(15)26-17(12)19(25)22-7-3-9-23-8-2-4-13(11-23)18(21)24/h5-6,10,13H,2-4,7-9,11H2,1H3,(H2,21,24)(H,22,25). The van der Waals surface area contributed by atoms with Gasteiger partial charge in [0.1, 0.15) is 5.58 Å². The summed E-state index contributed by atoms with van der Waals surface area (Å²) in [6.45, 7) is 5.01. The monoisotopic (exact) mass is 421 g/mol. The zero-order valence-corrected chi connectivity index (χ0v) is 16.5. The summed E-state index contributed by atoms with van der Waals surface area (Å²) in [7, 11) is 0. The van der Waals surface area contributed by atoms with Crippen molar-refractivity contribution in [3.8, 4) is 0 Å². The number of nitrogens with zero attached hydrogens (tertiary/aromatic N) is 1. The number of likely N-dealkylation sites (tertiary alicyclic amines) is 1. The van der Waals surface area contributed by atoms with Gasteiger partial charge in [0, 0.05) is 28.5 Å². The molecule has 140 valence electrons. The lowest BCUT2D eigenvalue weighted by atomic mass is 9.97. The Kier molecular flexibility index (Phi) is 5.98. The van der Waals surface area contributed by atoms with E-state index in [9.17, 15) is 9.59 Å². The van der Waals surface area contributed by atoms with Crippen LogP contribution >= 0.6 is 15.9 Å². The molecular formula is C19H24BrN3O3. The quantitative estimate of drug-likeness (QED) is 0.701. The van der Waals surface area contributed by atoms with Gasteiger partial charge in [0.15, 0.2) is 5.76 Å². The molecule has 0 saturated carbocycles. The van der Waals surface area contributed by atoms with Gasteiger partial charge in [-0.3, -0.25) is 9.59 Å². The first-order chi connectivity index (χ1) is 12.5. The third-order valence-corrected chi connectivity index (χ3v) is 5.44. The van der Waals surface area contributed by atoms with Crippen molar-refractivity contribution in [2.45, 2.75) is 26.2 Å². The topological polar surface area (TPSA) is 88.6 Å². The van der Waals surface area contributed by atoms with Crippen molar-refractivity contribution >= 4 is 38.7 Å². The molecule has 3 N–H and O–H groups in total. The number of benzene rings is 1. The molecule has 1 atom stereocenters. The molecule has 6 nitrogen and oxygen atoms in total. The highest BCUT2D eigenvalue weighted by Gasteiger charge is 2.23. The predicted molar refractivity (Wildman–Crippen MR) is 104 cm³/mol. The number of aryl methyl sites for hydroxylation is 1. The lowest BCUT2D eigenvalue weighted by Crippen LogP contribution is -2.42. The molecule has 1 aliphatic rings. The zero-order chi connectivity index (χ0) is 18.7. The van der Waals surface area contributed by atoms with Crippen molar-refractivity contribution < 1.29 is 14.0 Å². The van der Waals surface area contributed by atoms with Crippen LogP contribution in [0.1, 0.15) is 35.4 Å². The third kappa shape index (κ3) is 4.27. The van der Waals surface area contributed by atoms with E-state index in [0.29, 0.717) is 17.9 Å². The number of hydrogen-bond donors (Lipinski definition) is 2. The first kappa shape index (κ1) is 18.9. The second-order valence-corrected chi connectivity index (χ2v) is 7.76. The fraction of sp³-hybridized carbons (Fsp3) is 0.474. The molecule has 3 rings (SSSR count). The zero-order valence-electron chi connectivity index (χ0n) is 14.9. The van der Waals surface area contributed by atoms with Crippen LogP contribution in [-0.2, 0) is 4.79 Å². The Balaban J connectivity index is 1.50. The van der Waals surface area contributed by atoms with Crippen LogP contribution < -0.4 is 11.1 Å². The molecule has 1 aromatic carbocycles. The van der Waals surface area contributed by atoms with E-state index in [1.54, 1.807) is 0 Å². The van der Waals surface area contributed by atoms with Gasteiger partial charge in [0.05, 0.1) is 5.92 Å². The Bertz CT molecular complexity index is 818. The SMILES string of the molecule is Cc1c(C(=O)NCCCN2CCCC(C(N)=O)C2)oc2ccc(Br)cc12. The first-order valence-corrected chi connectivity index (χ1v) is 9.73. The fourth-order valence-corrected chi connectivity index (χ4v) is 3.85. The summed E-state index contributed by atoms with van der Waals surface area (Å²) >= 11 is 3.44. The summed E-state index contributed by atoms with van der Waals surface area (Å²) in [6.07, 6.45) is 2.69. The van der Waals surface area contributed by atoms with Crippen molar-refractivity contribution in [3.05, 3.63) is 34.0 Å². The van der Waals surface area contributed by atoms with Crippen LogP contribution in [-0.4, -0.2) is 42.9 Å². The molecule has 1 aromatic heterocycles. The van der Waals surface area contributed by atoms with Crippen molar-refractivity contribution in [3.63, 3.8) is 0 Å². The van der Waals surface area contributed by atoms with Gasteiger partial charge in [0.25, 0.3) is 5.91 Å². The average molecular weight is 422 g/mol. The molecule has 1 aliphatic heterocycles. The fourth-order valence-electron chi connectivity index (χ4n) is 3.49. The van der Waals surface area contributed by atoms with E-state index in [-0.39, 0.29) is 17.7 Å². The number of nitrogens with one attached hydrogen (secondary N) is 1. The molecule has 2 aromatic rings. The van der Waals surface area contributed by atoms with E-state index in [4.69, 9.17) is 10.2 Å². The smallest absolute Gasteiger partial charge is 0.287 e. The number of hydrogen-bond acceptors (Lipinski definition) is 4. The number of rotatable bonds is 6. The van der Waals surface area contributed by atoms with Gasteiger partial charge in [-0.05, 0) is 57.5 Å². The van der Waals surface area contributed by atoms with Crippen LogP contribution in [0.4, 0.5) is 0 Å². The molecule has 2 amide bonds. The Morgan fingerprint density at radius 2 is 2.23 bits per heavy atom. The maximum Gasteiger partial charge on any atom is 0.287 e. The van der Waals surface area contributed by atoms with E-state index in [0.717, 1.165) is 54.3 Å². The van der Waals surface area contributed by atoms with Crippen LogP contribution in [0, 0.1) is 12.8 Å². The number of furan rings is 1. The second-order valence-electron chi connectivity index (χ2n) is 6.85. The van der Waals surface area contributed by atoms with Crippen molar-refractivity contribution in [1.29, 1.82) is 0 Å². The number of piperidine rings is 1. The Labute approximate surface area is 161 Å².